The molecule has 1 saturated heterocycles. The number of methoxy groups -OCH3 is 1. The van der Waals surface area contributed by atoms with Gasteiger partial charge in [0.25, 0.3) is 0 Å². The SMILES string of the molecule is COc1ccc2ncc(F)c(CCN3C[C@H]4CC[C@@H](N)[C@H]4C3)c2n1. The lowest BCUT2D eigenvalue weighted by atomic mass is 9.98. The van der Waals surface area contributed by atoms with Crippen LogP contribution in [0, 0.1) is 17.7 Å². The van der Waals surface area contributed by atoms with Gasteiger partial charge in [0.2, 0.25) is 5.88 Å². The van der Waals surface area contributed by atoms with Gasteiger partial charge in [-0.05, 0) is 37.2 Å². The maximum atomic E-state index is 14.3. The Morgan fingerprint density at radius 3 is 3.00 bits per heavy atom. The molecule has 3 heterocycles. The molecule has 2 fully saturated rings. The molecule has 2 aromatic rings. The van der Waals surface area contributed by atoms with Gasteiger partial charge in [-0.15, -0.1) is 0 Å². The fourth-order valence-corrected chi connectivity index (χ4v) is 4.28. The topological polar surface area (TPSA) is 64.3 Å². The van der Waals surface area contributed by atoms with Gasteiger partial charge in [0.15, 0.2) is 0 Å². The van der Waals surface area contributed by atoms with Crippen molar-refractivity contribution in [1.82, 2.24) is 14.9 Å². The molecule has 0 spiro atoms. The van der Waals surface area contributed by atoms with Crippen LogP contribution in [0.4, 0.5) is 4.39 Å². The monoisotopic (exact) mass is 330 g/mol. The quantitative estimate of drug-likeness (QED) is 0.929. The van der Waals surface area contributed by atoms with E-state index in [1.165, 1.54) is 12.6 Å². The van der Waals surface area contributed by atoms with E-state index in [1.54, 1.807) is 13.2 Å². The van der Waals surface area contributed by atoms with Crippen molar-refractivity contribution in [2.24, 2.45) is 17.6 Å². The number of nitrogens with zero attached hydrogens (tertiary/aromatic N) is 3. The minimum Gasteiger partial charge on any atom is -0.481 e. The lowest BCUT2D eigenvalue weighted by Gasteiger charge is -2.18. The molecule has 4 rings (SSSR count). The predicted molar refractivity (Wildman–Crippen MR) is 90.4 cm³/mol. The average Bonchev–Trinajstić information content (AvgIpc) is 3.15. The highest BCUT2D eigenvalue weighted by molar-refractivity contribution is 5.78. The number of ether oxygens (including phenoxy) is 1. The Morgan fingerprint density at radius 1 is 1.33 bits per heavy atom. The fourth-order valence-electron chi connectivity index (χ4n) is 4.28. The van der Waals surface area contributed by atoms with Gasteiger partial charge in [-0.1, -0.05) is 0 Å². The normalized spacial score (nSPS) is 26.9. The van der Waals surface area contributed by atoms with Crippen molar-refractivity contribution in [1.29, 1.82) is 0 Å². The van der Waals surface area contributed by atoms with Crippen LogP contribution < -0.4 is 10.5 Å². The number of likely N-dealkylation sites (tertiary alicyclic amines) is 1. The van der Waals surface area contributed by atoms with E-state index in [0.29, 0.717) is 40.9 Å². The van der Waals surface area contributed by atoms with Gasteiger partial charge < -0.3 is 15.4 Å². The molecule has 2 aliphatic rings. The van der Waals surface area contributed by atoms with Crippen LogP contribution in [0.25, 0.3) is 11.0 Å². The molecule has 0 aromatic carbocycles. The Hall–Kier alpha value is -1.79. The summed E-state index contributed by atoms with van der Waals surface area (Å²) in [7, 11) is 1.56. The van der Waals surface area contributed by atoms with Gasteiger partial charge in [0.05, 0.1) is 24.3 Å². The van der Waals surface area contributed by atoms with E-state index in [4.69, 9.17) is 10.5 Å². The number of nitrogens with two attached hydrogens (primary N) is 1. The zero-order valence-electron chi connectivity index (χ0n) is 13.9. The highest BCUT2D eigenvalue weighted by atomic mass is 19.1. The smallest absolute Gasteiger partial charge is 0.213 e. The summed E-state index contributed by atoms with van der Waals surface area (Å²) in [6.45, 7) is 2.95. The van der Waals surface area contributed by atoms with Gasteiger partial charge in [-0.2, -0.15) is 0 Å². The summed E-state index contributed by atoms with van der Waals surface area (Å²) in [5.41, 5.74) is 8.13. The van der Waals surface area contributed by atoms with Gasteiger partial charge in [0.1, 0.15) is 5.82 Å². The maximum Gasteiger partial charge on any atom is 0.213 e. The van der Waals surface area contributed by atoms with Gasteiger partial charge >= 0.3 is 0 Å². The van der Waals surface area contributed by atoms with Crippen molar-refractivity contribution in [2.75, 3.05) is 26.7 Å². The third-order valence-corrected chi connectivity index (χ3v) is 5.61. The van der Waals surface area contributed by atoms with Crippen molar-refractivity contribution in [3.8, 4) is 5.88 Å². The number of hydrogen-bond acceptors (Lipinski definition) is 5. The molecule has 1 aliphatic heterocycles. The number of aromatic nitrogens is 2. The molecule has 3 atom stereocenters. The number of hydrogen-bond donors (Lipinski definition) is 1. The Morgan fingerprint density at radius 2 is 2.21 bits per heavy atom. The van der Waals surface area contributed by atoms with E-state index >= 15 is 0 Å². The van der Waals surface area contributed by atoms with Crippen LogP contribution in [0.2, 0.25) is 0 Å². The van der Waals surface area contributed by atoms with E-state index in [-0.39, 0.29) is 5.82 Å². The third kappa shape index (κ3) is 2.74. The van der Waals surface area contributed by atoms with E-state index in [0.717, 1.165) is 32.0 Å². The zero-order chi connectivity index (χ0) is 16.7. The van der Waals surface area contributed by atoms with Crippen LogP contribution >= 0.6 is 0 Å². The molecular formula is C18H23FN4O. The minimum absolute atomic E-state index is 0.292. The summed E-state index contributed by atoms with van der Waals surface area (Å²) in [5, 5.41) is 0. The first-order valence-electron chi connectivity index (χ1n) is 8.61. The Kier molecular flexibility index (Phi) is 4.10. The minimum atomic E-state index is -0.292. The van der Waals surface area contributed by atoms with Crippen LogP contribution in [0.3, 0.4) is 0 Å². The number of rotatable bonds is 4. The third-order valence-electron chi connectivity index (χ3n) is 5.61. The second kappa shape index (κ2) is 6.26. The first-order chi connectivity index (χ1) is 11.7. The average molecular weight is 330 g/mol. The van der Waals surface area contributed by atoms with Crippen molar-refractivity contribution in [3.05, 3.63) is 29.7 Å². The summed E-state index contributed by atoms with van der Waals surface area (Å²) < 4.78 is 19.5. The van der Waals surface area contributed by atoms with E-state index in [1.807, 2.05) is 6.07 Å². The molecule has 0 radical (unpaired) electrons. The molecular weight excluding hydrogens is 307 g/mol. The zero-order valence-corrected chi connectivity index (χ0v) is 13.9. The fraction of sp³-hybridized carbons (Fsp3) is 0.556. The van der Waals surface area contributed by atoms with Gasteiger partial charge in [-0.25, -0.2) is 9.37 Å². The van der Waals surface area contributed by atoms with Crippen LogP contribution in [0.1, 0.15) is 18.4 Å². The van der Waals surface area contributed by atoms with Crippen molar-refractivity contribution >= 4 is 11.0 Å². The maximum absolute atomic E-state index is 14.3. The van der Waals surface area contributed by atoms with Crippen molar-refractivity contribution in [3.63, 3.8) is 0 Å². The Labute approximate surface area is 141 Å². The number of fused-ring (bicyclic) bond motifs is 2. The molecule has 0 unspecified atom stereocenters. The number of halogens is 1. The van der Waals surface area contributed by atoms with Crippen LogP contribution in [0.5, 0.6) is 5.88 Å². The molecule has 1 aliphatic carbocycles. The second-order valence-electron chi connectivity index (χ2n) is 6.98. The van der Waals surface area contributed by atoms with Gasteiger partial charge in [0, 0.05) is 37.3 Å². The summed E-state index contributed by atoms with van der Waals surface area (Å²) in [4.78, 5) is 11.0. The van der Waals surface area contributed by atoms with E-state index < -0.39 is 0 Å². The summed E-state index contributed by atoms with van der Waals surface area (Å²) in [5.74, 6) is 1.52. The highest BCUT2D eigenvalue weighted by Gasteiger charge is 2.40. The standard InChI is InChI=1S/C18H23FN4O/c1-24-17-5-4-16-18(22-17)12(14(19)8-21-16)6-7-23-9-11-2-3-15(20)13(11)10-23/h4-5,8,11,13,15H,2-3,6-7,9-10,20H2,1H3/t11-,13+,15-/m1/s1. The Balaban J connectivity index is 1.53. The molecule has 2 aromatic heterocycles. The number of pyridine rings is 2. The van der Waals surface area contributed by atoms with E-state index in [2.05, 4.69) is 14.9 Å². The van der Waals surface area contributed by atoms with E-state index in [9.17, 15) is 4.39 Å². The molecule has 0 amide bonds. The second-order valence-corrected chi connectivity index (χ2v) is 6.98. The van der Waals surface area contributed by atoms with Crippen LogP contribution in [-0.2, 0) is 6.42 Å². The van der Waals surface area contributed by atoms with Crippen molar-refractivity contribution < 1.29 is 9.13 Å². The molecule has 6 heteroatoms. The van der Waals surface area contributed by atoms with Crippen molar-refractivity contribution in [2.45, 2.75) is 25.3 Å². The first-order valence-corrected chi connectivity index (χ1v) is 8.61. The first kappa shape index (κ1) is 15.7. The Bertz CT molecular complexity index is 753. The molecule has 128 valence electrons. The van der Waals surface area contributed by atoms with Crippen LogP contribution in [0.15, 0.2) is 18.3 Å². The lowest BCUT2D eigenvalue weighted by Crippen LogP contribution is -2.31. The molecule has 2 N–H and O–H groups in total. The summed E-state index contributed by atoms with van der Waals surface area (Å²) in [6.07, 6.45) is 4.30. The highest BCUT2D eigenvalue weighted by Crippen LogP contribution is 2.37. The lowest BCUT2D eigenvalue weighted by molar-refractivity contribution is 0.308. The molecule has 5 nitrogen and oxygen atoms in total. The predicted octanol–water partition coefficient (Wildman–Crippen LogP) is 1.99. The summed E-state index contributed by atoms with van der Waals surface area (Å²) in [6, 6.07) is 3.91. The molecule has 1 saturated carbocycles. The van der Waals surface area contributed by atoms with Gasteiger partial charge in [-0.3, -0.25) is 4.98 Å². The molecule has 0 bridgehead atoms. The van der Waals surface area contributed by atoms with Crippen LogP contribution in [-0.4, -0.2) is 47.7 Å². The largest absolute Gasteiger partial charge is 0.481 e. The molecule has 24 heavy (non-hydrogen) atoms. The summed E-state index contributed by atoms with van der Waals surface area (Å²) >= 11 is 0.